The third kappa shape index (κ3) is 3.02. The predicted molar refractivity (Wildman–Crippen MR) is 83.5 cm³/mol. The Hall–Kier alpha value is -0.820. The van der Waals surface area contributed by atoms with Crippen LogP contribution in [0.2, 0.25) is 0 Å². The first kappa shape index (κ1) is 14.6. The molecule has 0 saturated heterocycles. The van der Waals surface area contributed by atoms with Crippen molar-refractivity contribution in [1.29, 1.82) is 0 Å². The molecule has 0 aliphatic heterocycles. The van der Waals surface area contributed by atoms with E-state index in [2.05, 4.69) is 39.8 Å². The van der Waals surface area contributed by atoms with E-state index in [0.717, 1.165) is 6.42 Å². The highest BCUT2D eigenvalue weighted by Crippen LogP contribution is 2.37. The summed E-state index contributed by atoms with van der Waals surface area (Å²) in [6.07, 6.45) is 7.46. The van der Waals surface area contributed by atoms with Crippen molar-refractivity contribution in [3.8, 4) is 0 Å². The summed E-state index contributed by atoms with van der Waals surface area (Å²) >= 11 is 0. The molecule has 1 aromatic rings. The molecule has 19 heavy (non-hydrogen) atoms. The monoisotopic (exact) mass is 259 g/mol. The van der Waals surface area contributed by atoms with Gasteiger partial charge in [0.15, 0.2) is 0 Å². The van der Waals surface area contributed by atoms with E-state index in [0.29, 0.717) is 5.92 Å². The van der Waals surface area contributed by atoms with Gasteiger partial charge in [-0.25, -0.2) is 0 Å². The van der Waals surface area contributed by atoms with Gasteiger partial charge in [-0.15, -0.1) is 0 Å². The maximum Gasteiger partial charge on any atom is 0.0223 e. The van der Waals surface area contributed by atoms with E-state index in [1.807, 2.05) is 0 Å². The quantitative estimate of drug-likeness (QED) is 0.852. The van der Waals surface area contributed by atoms with Gasteiger partial charge in [-0.2, -0.15) is 0 Å². The van der Waals surface area contributed by atoms with Gasteiger partial charge in [-0.1, -0.05) is 43.9 Å². The lowest BCUT2D eigenvalue weighted by Crippen LogP contribution is -2.51. The maximum absolute atomic E-state index is 6.82. The van der Waals surface area contributed by atoms with Crippen molar-refractivity contribution in [3.63, 3.8) is 0 Å². The van der Waals surface area contributed by atoms with Crippen LogP contribution in [0.5, 0.6) is 0 Å². The zero-order valence-electron chi connectivity index (χ0n) is 13.1. The van der Waals surface area contributed by atoms with Gasteiger partial charge in [-0.3, -0.25) is 0 Å². The van der Waals surface area contributed by atoms with Crippen molar-refractivity contribution in [2.75, 3.05) is 0 Å². The lowest BCUT2D eigenvalue weighted by molar-refractivity contribution is 0.182. The molecule has 1 fully saturated rings. The summed E-state index contributed by atoms with van der Waals surface area (Å²) in [5.74, 6) is 0.696. The Morgan fingerprint density at radius 2 is 1.79 bits per heavy atom. The largest absolute Gasteiger partial charge is 0.325 e. The van der Waals surface area contributed by atoms with Crippen LogP contribution in [0.4, 0.5) is 0 Å². The highest BCUT2D eigenvalue weighted by molar-refractivity contribution is 5.38. The first-order valence-electron chi connectivity index (χ1n) is 7.82. The third-order valence-corrected chi connectivity index (χ3v) is 5.10. The van der Waals surface area contributed by atoms with E-state index in [1.165, 1.54) is 54.4 Å². The lowest BCUT2D eigenvalue weighted by atomic mass is 9.68. The molecule has 0 aromatic heterocycles. The van der Waals surface area contributed by atoms with Gasteiger partial charge >= 0.3 is 0 Å². The Labute approximate surface area is 118 Å². The SMILES string of the molecule is CCC1CCCCC1(N)Cc1c(C)cc(C)cc1C. The predicted octanol–water partition coefficient (Wildman–Crippen LogP) is 4.45. The van der Waals surface area contributed by atoms with Gasteiger partial charge in [0.1, 0.15) is 0 Å². The van der Waals surface area contributed by atoms with Crippen molar-refractivity contribution < 1.29 is 0 Å². The summed E-state index contributed by atoms with van der Waals surface area (Å²) in [7, 11) is 0. The fraction of sp³-hybridized carbons (Fsp3) is 0.667. The highest BCUT2D eigenvalue weighted by atomic mass is 14.8. The minimum atomic E-state index is 0.0256. The Bertz CT molecular complexity index is 426. The van der Waals surface area contributed by atoms with E-state index in [9.17, 15) is 0 Å². The summed E-state index contributed by atoms with van der Waals surface area (Å²) in [6, 6.07) is 4.60. The van der Waals surface area contributed by atoms with E-state index in [4.69, 9.17) is 5.73 Å². The minimum Gasteiger partial charge on any atom is -0.325 e. The second-order valence-corrected chi connectivity index (χ2v) is 6.64. The zero-order chi connectivity index (χ0) is 14.0. The average molecular weight is 259 g/mol. The number of nitrogens with two attached hydrogens (primary N) is 1. The van der Waals surface area contributed by atoms with Gasteiger partial charge in [0.25, 0.3) is 0 Å². The normalized spacial score (nSPS) is 27.5. The molecule has 1 aliphatic rings. The number of aryl methyl sites for hydroxylation is 3. The van der Waals surface area contributed by atoms with Gasteiger partial charge in [0.2, 0.25) is 0 Å². The molecular weight excluding hydrogens is 230 g/mol. The molecular formula is C18H29N. The molecule has 2 unspecified atom stereocenters. The van der Waals surface area contributed by atoms with Crippen LogP contribution in [0.25, 0.3) is 0 Å². The fourth-order valence-electron chi connectivity index (χ4n) is 4.00. The van der Waals surface area contributed by atoms with Crippen LogP contribution in [-0.2, 0) is 6.42 Å². The molecule has 2 rings (SSSR count). The van der Waals surface area contributed by atoms with Crippen molar-refractivity contribution in [1.82, 2.24) is 0 Å². The molecule has 1 aromatic carbocycles. The van der Waals surface area contributed by atoms with E-state index < -0.39 is 0 Å². The first-order chi connectivity index (χ1) is 8.96. The Kier molecular flexibility index (Phi) is 4.35. The molecule has 1 nitrogen and oxygen atoms in total. The molecule has 1 aliphatic carbocycles. The highest BCUT2D eigenvalue weighted by Gasteiger charge is 2.36. The second kappa shape index (κ2) is 5.66. The number of hydrogen-bond donors (Lipinski definition) is 1. The van der Waals surface area contributed by atoms with Gasteiger partial charge in [0.05, 0.1) is 0 Å². The number of benzene rings is 1. The molecule has 2 N–H and O–H groups in total. The molecule has 0 bridgehead atoms. The Morgan fingerprint density at radius 1 is 1.16 bits per heavy atom. The van der Waals surface area contributed by atoms with Crippen LogP contribution in [-0.4, -0.2) is 5.54 Å². The molecule has 1 heteroatoms. The fourth-order valence-corrected chi connectivity index (χ4v) is 4.00. The molecule has 2 atom stereocenters. The van der Waals surface area contributed by atoms with Gasteiger partial charge < -0.3 is 5.73 Å². The van der Waals surface area contributed by atoms with E-state index >= 15 is 0 Å². The topological polar surface area (TPSA) is 26.0 Å². The third-order valence-electron chi connectivity index (χ3n) is 5.10. The van der Waals surface area contributed by atoms with E-state index in [1.54, 1.807) is 0 Å². The van der Waals surface area contributed by atoms with E-state index in [-0.39, 0.29) is 5.54 Å². The van der Waals surface area contributed by atoms with Crippen molar-refractivity contribution in [2.45, 2.75) is 71.8 Å². The Morgan fingerprint density at radius 3 is 2.37 bits per heavy atom. The molecule has 0 amide bonds. The van der Waals surface area contributed by atoms with Gasteiger partial charge in [0, 0.05) is 5.54 Å². The molecule has 1 saturated carbocycles. The number of rotatable bonds is 3. The first-order valence-corrected chi connectivity index (χ1v) is 7.82. The average Bonchev–Trinajstić information content (AvgIpc) is 2.34. The second-order valence-electron chi connectivity index (χ2n) is 6.64. The summed E-state index contributed by atoms with van der Waals surface area (Å²) in [5, 5.41) is 0. The smallest absolute Gasteiger partial charge is 0.0223 e. The van der Waals surface area contributed by atoms with Gasteiger partial charge in [-0.05, 0) is 62.6 Å². The Balaban J connectivity index is 2.29. The standard InChI is InChI=1S/C18H29N/c1-5-16-8-6-7-9-18(16,19)12-17-14(3)10-13(2)11-15(17)4/h10-11,16H,5-9,12,19H2,1-4H3. The summed E-state index contributed by atoms with van der Waals surface area (Å²) < 4.78 is 0. The summed E-state index contributed by atoms with van der Waals surface area (Å²) in [5.41, 5.74) is 12.5. The molecule has 0 radical (unpaired) electrons. The van der Waals surface area contributed by atoms with Crippen molar-refractivity contribution in [2.24, 2.45) is 11.7 Å². The van der Waals surface area contributed by atoms with Crippen molar-refractivity contribution >= 4 is 0 Å². The van der Waals surface area contributed by atoms with Crippen molar-refractivity contribution in [3.05, 3.63) is 34.4 Å². The van der Waals surface area contributed by atoms with Crippen LogP contribution < -0.4 is 5.73 Å². The van der Waals surface area contributed by atoms with Crippen LogP contribution in [0.1, 0.15) is 61.3 Å². The maximum atomic E-state index is 6.82. The zero-order valence-corrected chi connectivity index (χ0v) is 13.1. The van der Waals surface area contributed by atoms with Crippen LogP contribution in [0, 0.1) is 26.7 Å². The van der Waals surface area contributed by atoms with Crippen LogP contribution >= 0.6 is 0 Å². The lowest BCUT2D eigenvalue weighted by Gasteiger charge is -2.42. The molecule has 106 valence electrons. The number of hydrogen-bond acceptors (Lipinski definition) is 1. The molecule has 0 spiro atoms. The van der Waals surface area contributed by atoms with Crippen LogP contribution in [0.15, 0.2) is 12.1 Å². The summed E-state index contributed by atoms with van der Waals surface area (Å²) in [4.78, 5) is 0. The molecule has 0 heterocycles. The minimum absolute atomic E-state index is 0.0256. The summed E-state index contributed by atoms with van der Waals surface area (Å²) in [6.45, 7) is 8.95. The van der Waals surface area contributed by atoms with Crippen LogP contribution in [0.3, 0.4) is 0 Å².